The Kier molecular flexibility index (Phi) is 5.76. The number of hydrogen-bond donors (Lipinski definition) is 2. The van der Waals surface area contributed by atoms with Gasteiger partial charge in [0.15, 0.2) is 0 Å². The monoisotopic (exact) mass is 293 g/mol. The molecular weight excluding hydrogens is 266 g/mol. The van der Waals surface area contributed by atoms with Crippen LogP contribution in [-0.4, -0.2) is 65.3 Å². The molecule has 0 aromatic carbocycles. The second-order valence-corrected chi connectivity index (χ2v) is 5.66. The van der Waals surface area contributed by atoms with E-state index in [-0.39, 0.29) is 6.61 Å². The highest BCUT2D eigenvalue weighted by atomic mass is 16.3. The third-order valence-corrected chi connectivity index (χ3v) is 3.94. The molecule has 1 fully saturated rings. The minimum absolute atomic E-state index is 0.232. The Hall–Kier alpha value is -1.40. The van der Waals surface area contributed by atoms with E-state index in [2.05, 4.69) is 38.9 Å². The highest BCUT2D eigenvalue weighted by Gasteiger charge is 2.18. The minimum atomic E-state index is 0.232. The molecule has 2 N–H and O–H groups in total. The maximum atomic E-state index is 9.00. The fourth-order valence-electron chi connectivity index (χ4n) is 2.48. The standard InChI is InChI=1S/C15H27N5O/c1-4-12(2)16-14-11-15(18-13(3)17-14)20-7-5-19(6-8-20)9-10-21/h11-12,21H,4-10H2,1-3H3,(H,16,17,18). The fourth-order valence-corrected chi connectivity index (χ4v) is 2.48. The molecule has 0 radical (unpaired) electrons. The zero-order valence-electron chi connectivity index (χ0n) is 13.3. The van der Waals surface area contributed by atoms with Crippen molar-refractivity contribution in [3.05, 3.63) is 11.9 Å². The van der Waals surface area contributed by atoms with Crippen LogP contribution in [-0.2, 0) is 0 Å². The Bertz CT molecular complexity index is 446. The highest BCUT2D eigenvalue weighted by molar-refractivity contribution is 5.50. The maximum Gasteiger partial charge on any atom is 0.134 e. The third kappa shape index (κ3) is 4.54. The van der Waals surface area contributed by atoms with E-state index in [9.17, 15) is 0 Å². The highest BCUT2D eigenvalue weighted by Crippen LogP contribution is 2.18. The topological polar surface area (TPSA) is 64.5 Å². The number of aliphatic hydroxyl groups is 1. The van der Waals surface area contributed by atoms with Gasteiger partial charge in [-0.2, -0.15) is 0 Å². The molecule has 2 heterocycles. The van der Waals surface area contributed by atoms with Gasteiger partial charge in [0.05, 0.1) is 6.61 Å². The first-order chi connectivity index (χ1) is 10.1. The Balaban J connectivity index is 2.03. The number of rotatable bonds is 6. The summed E-state index contributed by atoms with van der Waals surface area (Å²) in [7, 11) is 0. The lowest BCUT2D eigenvalue weighted by Gasteiger charge is -2.35. The van der Waals surface area contributed by atoms with Crippen LogP contribution in [0.1, 0.15) is 26.1 Å². The van der Waals surface area contributed by atoms with E-state index >= 15 is 0 Å². The number of piperazine rings is 1. The average Bonchev–Trinajstić information content (AvgIpc) is 2.47. The van der Waals surface area contributed by atoms with Crippen LogP contribution in [0.4, 0.5) is 11.6 Å². The fraction of sp³-hybridized carbons (Fsp3) is 0.733. The lowest BCUT2D eigenvalue weighted by atomic mass is 10.2. The van der Waals surface area contributed by atoms with Crippen LogP contribution in [0.25, 0.3) is 0 Å². The summed E-state index contributed by atoms with van der Waals surface area (Å²) in [5.74, 6) is 2.71. The van der Waals surface area contributed by atoms with Gasteiger partial charge in [-0.05, 0) is 20.3 Å². The number of β-amino-alcohol motifs (C(OH)–C–C–N with tert-alkyl or cyclic N) is 1. The summed E-state index contributed by atoms with van der Waals surface area (Å²) in [4.78, 5) is 13.6. The number of nitrogens with zero attached hydrogens (tertiary/aromatic N) is 4. The van der Waals surface area contributed by atoms with E-state index < -0.39 is 0 Å². The largest absolute Gasteiger partial charge is 0.395 e. The predicted octanol–water partition coefficient (Wildman–Crippen LogP) is 1.11. The van der Waals surface area contributed by atoms with Gasteiger partial charge < -0.3 is 15.3 Å². The van der Waals surface area contributed by atoms with Crippen molar-refractivity contribution in [2.45, 2.75) is 33.2 Å². The zero-order chi connectivity index (χ0) is 15.2. The van der Waals surface area contributed by atoms with Crippen molar-refractivity contribution in [3.8, 4) is 0 Å². The first-order valence-corrected chi connectivity index (χ1v) is 7.82. The van der Waals surface area contributed by atoms with E-state index in [4.69, 9.17) is 5.11 Å². The van der Waals surface area contributed by atoms with Crippen molar-refractivity contribution >= 4 is 11.6 Å². The molecule has 21 heavy (non-hydrogen) atoms. The van der Waals surface area contributed by atoms with Crippen LogP contribution in [0.15, 0.2) is 6.07 Å². The van der Waals surface area contributed by atoms with Crippen LogP contribution in [0, 0.1) is 6.92 Å². The van der Waals surface area contributed by atoms with Gasteiger partial charge >= 0.3 is 0 Å². The van der Waals surface area contributed by atoms with Crippen LogP contribution >= 0.6 is 0 Å². The van der Waals surface area contributed by atoms with E-state index in [1.807, 2.05) is 13.0 Å². The van der Waals surface area contributed by atoms with Crippen molar-refractivity contribution in [2.75, 3.05) is 49.5 Å². The summed E-state index contributed by atoms with van der Waals surface area (Å²) in [5, 5.41) is 12.4. The van der Waals surface area contributed by atoms with Crippen LogP contribution in [0.5, 0.6) is 0 Å². The van der Waals surface area contributed by atoms with Crippen molar-refractivity contribution < 1.29 is 5.11 Å². The molecule has 0 spiro atoms. The van der Waals surface area contributed by atoms with Crippen molar-refractivity contribution in [1.82, 2.24) is 14.9 Å². The van der Waals surface area contributed by atoms with E-state index in [0.717, 1.165) is 56.6 Å². The quantitative estimate of drug-likeness (QED) is 0.819. The Labute approximate surface area is 127 Å². The first-order valence-electron chi connectivity index (χ1n) is 7.82. The van der Waals surface area contributed by atoms with Crippen molar-refractivity contribution in [3.63, 3.8) is 0 Å². The normalized spacial score (nSPS) is 17.8. The Morgan fingerprint density at radius 2 is 2.00 bits per heavy atom. The lowest BCUT2D eigenvalue weighted by Crippen LogP contribution is -2.47. The molecule has 1 saturated heterocycles. The molecule has 1 aliphatic rings. The number of aryl methyl sites for hydroxylation is 1. The SMILES string of the molecule is CCC(C)Nc1cc(N2CCN(CCO)CC2)nc(C)n1. The smallest absolute Gasteiger partial charge is 0.134 e. The van der Waals surface area contributed by atoms with Crippen molar-refractivity contribution in [2.24, 2.45) is 0 Å². The van der Waals surface area contributed by atoms with Gasteiger partial charge in [0.2, 0.25) is 0 Å². The van der Waals surface area contributed by atoms with Gasteiger partial charge in [-0.15, -0.1) is 0 Å². The van der Waals surface area contributed by atoms with E-state index in [1.165, 1.54) is 0 Å². The summed E-state index contributed by atoms with van der Waals surface area (Å²) in [6.07, 6.45) is 1.07. The molecule has 0 aliphatic carbocycles. The summed E-state index contributed by atoms with van der Waals surface area (Å²) < 4.78 is 0. The molecule has 0 bridgehead atoms. The molecular formula is C15H27N5O. The van der Waals surface area contributed by atoms with Gasteiger partial charge in [0, 0.05) is 44.8 Å². The third-order valence-electron chi connectivity index (χ3n) is 3.94. The average molecular weight is 293 g/mol. The van der Waals surface area contributed by atoms with E-state index in [1.54, 1.807) is 0 Å². The first kappa shape index (κ1) is 16.0. The number of hydrogen-bond acceptors (Lipinski definition) is 6. The minimum Gasteiger partial charge on any atom is -0.395 e. The molecule has 118 valence electrons. The lowest BCUT2D eigenvalue weighted by molar-refractivity contribution is 0.188. The van der Waals surface area contributed by atoms with Gasteiger partial charge in [-0.1, -0.05) is 6.92 Å². The second-order valence-electron chi connectivity index (χ2n) is 5.66. The molecule has 6 nitrogen and oxygen atoms in total. The van der Waals surface area contributed by atoms with Crippen LogP contribution in [0.3, 0.4) is 0 Å². The van der Waals surface area contributed by atoms with Gasteiger partial charge in [-0.25, -0.2) is 9.97 Å². The van der Waals surface area contributed by atoms with Crippen LogP contribution in [0.2, 0.25) is 0 Å². The molecule has 0 amide bonds. The number of nitrogens with one attached hydrogen (secondary N) is 1. The molecule has 6 heteroatoms. The molecule has 1 aromatic heterocycles. The maximum absolute atomic E-state index is 9.00. The summed E-state index contributed by atoms with van der Waals surface area (Å²) in [5.41, 5.74) is 0. The Morgan fingerprint density at radius 3 is 2.62 bits per heavy atom. The molecule has 1 atom stereocenters. The number of aromatic nitrogens is 2. The van der Waals surface area contributed by atoms with Gasteiger partial charge in [0.1, 0.15) is 17.5 Å². The van der Waals surface area contributed by atoms with E-state index in [0.29, 0.717) is 6.04 Å². The Morgan fingerprint density at radius 1 is 1.29 bits per heavy atom. The molecule has 2 rings (SSSR count). The molecule has 1 aromatic rings. The summed E-state index contributed by atoms with van der Waals surface area (Å²) in [6, 6.07) is 2.45. The molecule has 0 saturated carbocycles. The summed E-state index contributed by atoms with van der Waals surface area (Å²) in [6.45, 7) is 11.1. The number of anilines is 2. The van der Waals surface area contributed by atoms with Gasteiger partial charge in [0.25, 0.3) is 0 Å². The summed E-state index contributed by atoms with van der Waals surface area (Å²) >= 11 is 0. The van der Waals surface area contributed by atoms with Gasteiger partial charge in [-0.3, -0.25) is 4.90 Å². The second kappa shape index (κ2) is 7.56. The predicted molar refractivity (Wildman–Crippen MR) is 85.9 cm³/mol. The van der Waals surface area contributed by atoms with Crippen LogP contribution < -0.4 is 10.2 Å². The van der Waals surface area contributed by atoms with Crippen molar-refractivity contribution in [1.29, 1.82) is 0 Å². The molecule has 1 aliphatic heterocycles. The number of aliphatic hydroxyl groups excluding tert-OH is 1. The molecule has 1 unspecified atom stereocenters. The zero-order valence-corrected chi connectivity index (χ0v) is 13.3.